The van der Waals surface area contributed by atoms with Gasteiger partial charge in [0.15, 0.2) is 5.69 Å². The van der Waals surface area contributed by atoms with E-state index >= 15 is 0 Å². The van der Waals surface area contributed by atoms with E-state index in [1.54, 1.807) is 22.3 Å². The zero-order valence-electron chi connectivity index (χ0n) is 12.7. The molecule has 7 nitrogen and oxygen atoms in total. The van der Waals surface area contributed by atoms with Gasteiger partial charge >= 0.3 is 0 Å². The first-order chi connectivity index (χ1) is 11.8. The van der Waals surface area contributed by atoms with Crippen molar-refractivity contribution in [3.63, 3.8) is 0 Å². The fraction of sp³-hybridized carbons (Fsp3) is 0.375. The molecule has 5 rings (SSSR count). The summed E-state index contributed by atoms with van der Waals surface area (Å²) in [4.78, 5) is 19.5. The van der Waals surface area contributed by atoms with Gasteiger partial charge in [0.1, 0.15) is 5.76 Å². The first-order valence-corrected chi connectivity index (χ1v) is 8.79. The maximum atomic E-state index is 12.4. The second kappa shape index (κ2) is 5.27. The number of rotatable bonds is 4. The van der Waals surface area contributed by atoms with Crippen molar-refractivity contribution < 1.29 is 13.8 Å². The lowest BCUT2D eigenvalue weighted by Gasteiger charge is -2.36. The summed E-state index contributed by atoms with van der Waals surface area (Å²) < 4.78 is 10.6. The van der Waals surface area contributed by atoms with Crippen LogP contribution in [0.4, 0.5) is 0 Å². The Morgan fingerprint density at radius 1 is 1.21 bits per heavy atom. The van der Waals surface area contributed by atoms with Crippen molar-refractivity contribution in [2.45, 2.75) is 24.7 Å². The van der Waals surface area contributed by atoms with Crippen LogP contribution in [0.5, 0.6) is 0 Å². The summed E-state index contributed by atoms with van der Waals surface area (Å²) in [5, 5.41) is 9.89. The third-order valence-corrected chi connectivity index (χ3v) is 5.29. The Morgan fingerprint density at radius 2 is 2.08 bits per heavy atom. The molecule has 0 unspecified atom stereocenters. The minimum atomic E-state index is -0.0973. The van der Waals surface area contributed by atoms with Crippen LogP contribution in [0, 0.1) is 0 Å². The molecule has 0 radical (unpaired) electrons. The molecule has 1 saturated heterocycles. The maximum Gasteiger partial charge on any atom is 0.276 e. The molecule has 8 heteroatoms. The van der Waals surface area contributed by atoms with Gasteiger partial charge in [-0.05, 0) is 24.3 Å². The van der Waals surface area contributed by atoms with Crippen molar-refractivity contribution in [1.29, 1.82) is 0 Å². The summed E-state index contributed by atoms with van der Waals surface area (Å²) in [6.07, 6.45) is 2.25. The number of hydrogen-bond acceptors (Lipinski definition) is 7. The van der Waals surface area contributed by atoms with Crippen molar-refractivity contribution in [3.05, 3.63) is 40.9 Å². The molecule has 3 aromatic rings. The topological polar surface area (TPSA) is 85.3 Å². The van der Waals surface area contributed by atoms with E-state index in [9.17, 15) is 4.79 Å². The number of aromatic nitrogens is 3. The highest BCUT2D eigenvalue weighted by Crippen LogP contribution is 2.40. The number of carbonyl (C=O) groups is 1. The quantitative estimate of drug-likeness (QED) is 0.725. The van der Waals surface area contributed by atoms with Crippen LogP contribution >= 0.6 is 11.3 Å². The van der Waals surface area contributed by atoms with E-state index in [-0.39, 0.29) is 11.8 Å². The molecule has 1 aliphatic carbocycles. The summed E-state index contributed by atoms with van der Waals surface area (Å²) in [5.74, 6) is 2.46. The molecule has 1 amide bonds. The van der Waals surface area contributed by atoms with Crippen molar-refractivity contribution in [2.75, 3.05) is 13.1 Å². The molecule has 0 N–H and O–H groups in total. The molecule has 4 heterocycles. The van der Waals surface area contributed by atoms with Gasteiger partial charge in [-0.15, -0.1) is 11.3 Å². The Bertz CT molecular complexity index is 875. The van der Waals surface area contributed by atoms with Crippen LogP contribution in [-0.2, 0) is 0 Å². The highest BCUT2D eigenvalue weighted by Gasteiger charge is 2.38. The van der Waals surface area contributed by atoms with E-state index in [4.69, 9.17) is 9.05 Å². The predicted octanol–water partition coefficient (Wildman–Crippen LogP) is 2.90. The van der Waals surface area contributed by atoms with Crippen LogP contribution in [0.2, 0.25) is 0 Å². The van der Waals surface area contributed by atoms with Crippen LogP contribution in [0.3, 0.4) is 0 Å². The molecule has 0 atom stereocenters. The second-order valence-electron chi connectivity index (χ2n) is 6.23. The van der Waals surface area contributed by atoms with Crippen molar-refractivity contribution in [2.24, 2.45) is 0 Å². The smallest absolute Gasteiger partial charge is 0.276 e. The first-order valence-electron chi connectivity index (χ1n) is 7.91. The average Bonchev–Trinajstić information content (AvgIpc) is 3.02. The second-order valence-corrected chi connectivity index (χ2v) is 7.18. The van der Waals surface area contributed by atoms with Gasteiger partial charge < -0.3 is 13.9 Å². The molecule has 3 aromatic heterocycles. The van der Waals surface area contributed by atoms with Gasteiger partial charge in [-0.1, -0.05) is 16.4 Å². The van der Waals surface area contributed by atoms with Crippen molar-refractivity contribution in [1.82, 2.24) is 20.2 Å². The van der Waals surface area contributed by atoms with Crippen molar-refractivity contribution in [3.8, 4) is 10.7 Å². The minimum absolute atomic E-state index is 0.0879. The van der Waals surface area contributed by atoms with Crippen LogP contribution < -0.4 is 0 Å². The maximum absolute atomic E-state index is 12.4. The Labute approximate surface area is 141 Å². The summed E-state index contributed by atoms with van der Waals surface area (Å²) in [5.41, 5.74) is 0.389. The van der Waals surface area contributed by atoms with E-state index in [0.29, 0.717) is 36.4 Å². The fourth-order valence-electron chi connectivity index (χ4n) is 2.82. The molecule has 1 saturated carbocycles. The lowest BCUT2D eigenvalue weighted by atomic mass is 9.99. The van der Waals surface area contributed by atoms with Gasteiger partial charge in [-0.3, -0.25) is 4.79 Å². The van der Waals surface area contributed by atoms with Gasteiger partial charge in [-0.2, -0.15) is 4.98 Å². The minimum Gasteiger partial charge on any atom is -0.360 e. The van der Waals surface area contributed by atoms with Gasteiger partial charge in [-0.25, -0.2) is 0 Å². The number of carbonyl (C=O) groups excluding carboxylic acids is 1. The predicted molar refractivity (Wildman–Crippen MR) is 84.7 cm³/mol. The SMILES string of the molecule is O=C(c1cc(C2CC2)on1)N1CC(c2nc(-c3cccs3)no2)C1. The standard InChI is InChI=1S/C16H14N4O3S/c21-16(11-6-12(22-18-11)9-3-4-9)20-7-10(8-20)15-17-14(19-23-15)13-2-1-5-24-13/h1-2,5-6,9-10H,3-4,7-8H2. The average molecular weight is 342 g/mol. The molecule has 2 fully saturated rings. The lowest BCUT2D eigenvalue weighted by Crippen LogP contribution is -2.48. The van der Waals surface area contributed by atoms with E-state index in [1.807, 2.05) is 17.5 Å². The van der Waals surface area contributed by atoms with Crippen LogP contribution in [0.1, 0.15) is 46.8 Å². The summed E-state index contributed by atoms with van der Waals surface area (Å²) in [7, 11) is 0. The van der Waals surface area contributed by atoms with Gasteiger partial charge in [0.25, 0.3) is 5.91 Å². The molecule has 0 aromatic carbocycles. The summed E-state index contributed by atoms with van der Waals surface area (Å²) >= 11 is 1.57. The van der Waals surface area contributed by atoms with E-state index in [1.165, 1.54) is 0 Å². The van der Waals surface area contributed by atoms with E-state index in [0.717, 1.165) is 23.5 Å². The van der Waals surface area contributed by atoms with Crippen molar-refractivity contribution >= 4 is 17.2 Å². The molecule has 0 bridgehead atoms. The Kier molecular flexibility index (Phi) is 3.05. The zero-order valence-corrected chi connectivity index (χ0v) is 13.5. The highest BCUT2D eigenvalue weighted by atomic mass is 32.1. The Hall–Kier alpha value is -2.48. The molecule has 122 valence electrons. The van der Waals surface area contributed by atoms with E-state index in [2.05, 4.69) is 15.3 Å². The Balaban J connectivity index is 1.24. The lowest BCUT2D eigenvalue weighted by molar-refractivity contribution is 0.0558. The third kappa shape index (κ3) is 2.34. The van der Waals surface area contributed by atoms with Crippen LogP contribution in [-0.4, -0.2) is 39.2 Å². The van der Waals surface area contributed by atoms with Crippen LogP contribution in [0.25, 0.3) is 10.7 Å². The summed E-state index contributed by atoms with van der Waals surface area (Å²) in [6, 6.07) is 5.68. The molecule has 24 heavy (non-hydrogen) atoms. The number of hydrogen-bond donors (Lipinski definition) is 0. The molecular weight excluding hydrogens is 328 g/mol. The molecular formula is C16H14N4O3S. The molecule has 0 spiro atoms. The normalized spacial score (nSPS) is 17.9. The number of likely N-dealkylation sites (tertiary alicyclic amines) is 1. The Morgan fingerprint density at radius 3 is 2.83 bits per heavy atom. The largest absolute Gasteiger partial charge is 0.360 e. The van der Waals surface area contributed by atoms with Gasteiger partial charge in [0, 0.05) is 25.1 Å². The number of thiophene rings is 1. The van der Waals surface area contributed by atoms with Crippen LogP contribution in [0.15, 0.2) is 32.6 Å². The monoisotopic (exact) mass is 342 g/mol. The molecule has 2 aliphatic rings. The fourth-order valence-corrected chi connectivity index (χ4v) is 3.47. The highest BCUT2D eigenvalue weighted by molar-refractivity contribution is 7.13. The van der Waals surface area contributed by atoms with E-state index < -0.39 is 0 Å². The zero-order chi connectivity index (χ0) is 16.1. The van der Waals surface area contributed by atoms with Gasteiger partial charge in [0.05, 0.1) is 10.8 Å². The molecule has 1 aliphatic heterocycles. The number of amides is 1. The third-order valence-electron chi connectivity index (χ3n) is 4.43. The number of nitrogens with zero attached hydrogens (tertiary/aromatic N) is 4. The van der Waals surface area contributed by atoms with Gasteiger partial charge in [0.2, 0.25) is 11.7 Å². The summed E-state index contributed by atoms with van der Waals surface area (Å²) in [6.45, 7) is 1.13. The first kappa shape index (κ1) is 13.9.